The van der Waals surface area contributed by atoms with E-state index in [1.54, 1.807) is 0 Å². The van der Waals surface area contributed by atoms with E-state index >= 15 is 0 Å². The summed E-state index contributed by atoms with van der Waals surface area (Å²) in [7, 11) is -3.73. The smallest absolute Gasteiger partial charge is 0.251 e. The lowest BCUT2D eigenvalue weighted by Gasteiger charge is -2.26. The lowest BCUT2D eigenvalue weighted by atomic mass is 10.2. The summed E-state index contributed by atoms with van der Waals surface area (Å²) in [6.07, 6.45) is 6.92. The van der Waals surface area contributed by atoms with Gasteiger partial charge in [0.2, 0.25) is 10.0 Å². The van der Waals surface area contributed by atoms with Crippen molar-refractivity contribution in [3.8, 4) is 0 Å². The quantitative estimate of drug-likeness (QED) is 0.753. The second kappa shape index (κ2) is 9.03. The monoisotopic (exact) mass is 451 g/mol. The van der Waals surface area contributed by atoms with Gasteiger partial charge in [-0.2, -0.15) is 4.31 Å². The van der Waals surface area contributed by atoms with Crippen LogP contribution in [0.1, 0.15) is 60.5 Å². The second-order valence-corrected chi connectivity index (χ2v) is 10.1. The molecule has 1 amide bonds. The van der Waals surface area contributed by atoms with Crippen molar-refractivity contribution < 1.29 is 13.2 Å². The molecule has 1 fully saturated rings. The van der Waals surface area contributed by atoms with E-state index in [1.807, 2.05) is 0 Å². The van der Waals surface area contributed by atoms with Crippen molar-refractivity contribution in [2.75, 3.05) is 13.1 Å². The highest BCUT2D eigenvalue weighted by atomic mass is 35.5. The Morgan fingerprint density at radius 1 is 1.03 bits per heavy atom. The molecule has 0 radical (unpaired) electrons. The number of carbonyl (C=O) groups excluding carboxylic acids is 1. The molecule has 2 aliphatic rings. The van der Waals surface area contributed by atoms with Gasteiger partial charge in [-0.15, -0.1) is 10.2 Å². The van der Waals surface area contributed by atoms with E-state index in [0.29, 0.717) is 13.1 Å². The first-order chi connectivity index (χ1) is 14.5. The molecular weight excluding hydrogens is 426 g/mol. The number of hydrogen-bond donors (Lipinski definition) is 1. The molecule has 8 nitrogen and oxygen atoms in total. The van der Waals surface area contributed by atoms with Crippen molar-refractivity contribution in [1.82, 2.24) is 24.4 Å². The van der Waals surface area contributed by atoms with Gasteiger partial charge in [0.25, 0.3) is 5.91 Å². The van der Waals surface area contributed by atoms with Gasteiger partial charge in [-0.25, -0.2) is 8.42 Å². The molecule has 1 aromatic carbocycles. The SMILES string of the molecule is O=C(NCc1nnc2n1CCCCC2)c1ccc(Cl)c(S(=O)(=O)N2CCCCC2)c1. The summed E-state index contributed by atoms with van der Waals surface area (Å²) >= 11 is 6.20. The van der Waals surface area contributed by atoms with E-state index < -0.39 is 10.0 Å². The van der Waals surface area contributed by atoms with Crippen LogP contribution in [-0.4, -0.2) is 46.5 Å². The molecule has 0 bridgehead atoms. The second-order valence-electron chi connectivity index (χ2n) is 7.79. The summed E-state index contributed by atoms with van der Waals surface area (Å²) in [5.74, 6) is 1.31. The maximum absolute atomic E-state index is 13.0. The van der Waals surface area contributed by atoms with Gasteiger partial charge in [0.1, 0.15) is 10.7 Å². The van der Waals surface area contributed by atoms with Gasteiger partial charge in [0, 0.05) is 31.6 Å². The van der Waals surface area contributed by atoms with Gasteiger partial charge in [0.15, 0.2) is 5.82 Å². The molecule has 1 aromatic heterocycles. The molecule has 2 aromatic rings. The van der Waals surface area contributed by atoms with Crippen LogP contribution in [0.5, 0.6) is 0 Å². The highest BCUT2D eigenvalue weighted by Gasteiger charge is 2.29. The van der Waals surface area contributed by atoms with Crippen LogP contribution in [0.15, 0.2) is 23.1 Å². The number of sulfonamides is 1. The molecule has 10 heteroatoms. The van der Waals surface area contributed by atoms with E-state index in [4.69, 9.17) is 11.6 Å². The normalized spacial score (nSPS) is 17.9. The molecule has 3 heterocycles. The van der Waals surface area contributed by atoms with E-state index in [2.05, 4.69) is 20.1 Å². The number of carbonyl (C=O) groups is 1. The Balaban J connectivity index is 1.50. The van der Waals surface area contributed by atoms with Crippen LogP contribution in [-0.2, 0) is 29.5 Å². The Labute approximate surface area is 181 Å². The van der Waals surface area contributed by atoms with E-state index in [-0.39, 0.29) is 27.9 Å². The van der Waals surface area contributed by atoms with Crippen molar-refractivity contribution >= 4 is 27.5 Å². The van der Waals surface area contributed by atoms with Crippen molar-refractivity contribution in [3.05, 3.63) is 40.4 Å². The number of rotatable bonds is 5. The Morgan fingerprint density at radius 3 is 2.57 bits per heavy atom. The number of piperidine rings is 1. The average Bonchev–Trinajstić information content (AvgIpc) is 2.98. The summed E-state index contributed by atoms with van der Waals surface area (Å²) in [6.45, 7) is 2.05. The number of benzene rings is 1. The van der Waals surface area contributed by atoms with Crippen LogP contribution in [0.3, 0.4) is 0 Å². The molecular formula is C20H26ClN5O3S. The molecule has 0 saturated carbocycles. The Bertz CT molecular complexity index is 1030. The van der Waals surface area contributed by atoms with E-state index in [1.165, 1.54) is 22.5 Å². The molecule has 2 aliphatic heterocycles. The number of amides is 1. The number of halogens is 1. The summed E-state index contributed by atoms with van der Waals surface area (Å²) in [5, 5.41) is 11.4. The van der Waals surface area contributed by atoms with E-state index in [9.17, 15) is 13.2 Å². The minimum atomic E-state index is -3.73. The van der Waals surface area contributed by atoms with Gasteiger partial charge < -0.3 is 9.88 Å². The number of aromatic nitrogens is 3. The molecule has 1 saturated heterocycles. The maximum Gasteiger partial charge on any atom is 0.251 e. The number of fused-ring (bicyclic) bond motifs is 1. The van der Waals surface area contributed by atoms with Gasteiger partial charge in [-0.3, -0.25) is 4.79 Å². The lowest BCUT2D eigenvalue weighted by molar-refractivity contribution is 0.0949. The minimum Gasteiger partial charge on any atom is -0.345 e. The van der Waals surface area contributed by atoms with Crippen molar-refractivity contribution in [3.63, 3.8) is 0 Å². The zero-order valence-corrected chi connectivity index (χ0v) is 18.4. The summed E-state index contributed by atoms with van der Waals surface area (Å²) in [6, 6.07) is 4.37. The topological polar surface area (TPSA) is 97.2 Å². The average molecular weight is 452 g/mol. The van der Waals surface area contributed by atoms with Crippen LogP contribution in [0.25, 0.3) is 0 Å². The fourth-order valence-corrected chi connectivity index (χ4v) is 6.04. The molecule has 0 aliphatic carbocycles. The zero-order valence-electron chi connectivity index (χ0n) is 16.8. The predicted molar refractivity (Wildman–Crippen MR) is 113 cm³/mol. The molecule has 1 N–H and O–H groups in total. The zero-order chi connectivity index (χ0) is 21.1. The molecule has 4 rings (SSSR count). The number of aryl methyl sites for hydroxylation is 1. The van der Waals surface area contributed by atoms with Gasteiger partial charge in [0.05, 0.1) is 11.6 Å². The van der Waals surface area contributed by atoms with Crippen LogP contribution in [0.4, 0.5) is 0 Å². The molecule has 0 unspecified atom stereocenters. The molecule has 0 atom stereocenters. The molecule has 162 valence electrons. The van der Waals surface area contributed by atoms with Crippen LogP contribution >= 0.6 is 11.6 Å². The number of nitrogens with one attached hydrogen (secondary N) is 1. The highest BCUT2D eigenvalue weighted by molar-refractivity contribution is 7.89. The lowest BCUT2D eigenvalue weighted by Crippen LogP contribution is -2.36. The summed E-state index contributed by atoms with van der Waals surface area (Å²) in [5.41, 5.74) is 0.255. The first-order valence-corrected chi connectivity index (χ1v) is 12.3. The number of hydrogen-bond acceptors (Lipinski definition) is 5. The van der Waals surface area contributed by atoms with Crippen molar-refractivity contribution in [2.24, 2.45) is 0 Å². The van der Waals surface area contributed by atoms with Crippen molar-refractivity contribution in [1.29, 1.82) is 0 Å². The molecule has 30 heavy (non-hydrogen) atoms. The Morgan fingerprint density at radius 2 is 1.77 bits per heavy atom. The molecule has 0 spiro atoms. The fraction of sp³-hybridized carbons (Fsp3) is 0.550. The Kier molecular flexibility index (Phi) is 6.40. The first-order valence-electron chi connectivity index (χ1n) is 10.5. The van der Waals surface area contributed by atoms with Gasteiger partial charge >= 0.3 is 0 Å². The summed E-state index contributed by atoms with van der Waals surface area (Å²) in [4.78, 5) is 12.7. The summed E-state index contributed by atoms with van der Waals surface area (Å²) < 4.78 is 29.5. The van der Waals surface area contributed by atoms with E-state index in [0.717, 1.165) is 63.1 Å². The third kappa shape index (κ3) is 4.38. The van der Waals surface area contributed by atoms with Crippen LogP contribution in [0.2, 0.25) is 5.02 Å². The standard InChI is InChI=1S/C20H26ClN5O3S/c21-16-9-8-15(13-17(16)30(28,29)25-10-4-2-5-11-25)20(27)22-14-19-24-23-18-7-3-1-6-12-26(18)19/h8-9,13H,1-7,10-12,14H2,(H,22,27). The first kappa shape index (κ1) is 21.3. The van der Waals surface area contributed by atoms with Gasteiger partial charge in [-0.1, -0.05) is 24.4 Å². The third-order valence-electron chi connectivity index (χ3n) is 5.72. The predicted octanol–water partition coefficient (Wildman–Crippen LogP) is 2.76. The van der Waals surface area contributed by atoms with Gasteiger partial charge in [-0.05, 0) is 43.9 Å². The highest BCUT2D eigenvalue weighted by Crippen LogP contribution is 2.28. The van der Waals surface area contributed by atoms with Crippen molar-refractivity contribution in [2.45, 2.75) is 62.9 Å². The Hall–Kier alpha value is -1.97. The fourth-order valence-electron chi connectivity index (χ4n) is 4.02. The van der Waals surface area contributed by atoms with Crippen LogP contribution in [0, 0.1) is 0 Å². The van der Waals surface area contributed by atoms with Crippen LogP contribution < -0.4 is 5.32 Å². The maximum atomic E-state index is 13.0. The largest absolute Gasteiger partial charge is 0.345 e. The minimum absolute atomic E-state index is 0.0185. The number of nitrogens with zero attached hydrogens (tertiary/aromatic N) is 4. The third-order valence-corrected chi connectivity index (χ3v) is 8.10.